The monoisotopic (exact) mass is 249 g/mol. The highest BCUT2D eigenvalue weighted by atomic mass is 35.5. The maximum absolute atomic E-state index is 12.8. The number of pyridine rings is 1. The van der Waals surface area contributed by atoms with Gasteiger partial charge in [0.05, 0.1) is 12.1 Å². The number of aliphatic carboxylic acids is 1. The minimum absolute atomic E-state index is 0.0686. The summed E-state index contributed by atoms with van der Waals surface area (Å²) in [7, 11) is 0. The number of halogens is 3. The molecule has 0 radical (unpaired) electrons. The van der Waals surface area contributed by atoms with Crippen LogP contribution in [0.5, 0.6) is 0 Å². The van der Waals surface area contributed by atoms with E-state index in [9.17, 15) is 13.6 Å². The van der Waals surface area contributed by atoms with Crippen molar-refractivity contribution in [3.63, 3.8) is 0 Å². The Morgan fingerprint density at radius 1 is 1.62 bits per heavy atom. The molecule has 0 aromatic carbocycles. The van der Waals surface area contributed by atoms with Crippen molar-refractivity contribution in [3.8, 4) is 0 Å². The summed E-state index contributed by atoms with van der Waals surface area (Å²) in [6.45, 7) is 1.43. The lowest BCUT2D eigenvalue weighted by molar-refractivity contribution is -0.136. The second-order valence-electron chi connectivity index (χ2n) is 3.27. The first-order valence-corrected chi connectivity index (χ1v) is 5.04. The molecule has 0 saturated carbocycles. The molecule has 6 heteroatoms. The van der Waals surface area contributed by atoms with Crippen molar-refractivity contribution in [1.82, 2.24) is 4.98 Å². The number of aromatic nitrogens is 1. The molecule has 0 aliphatic heterocycles. The molecule has 0 amide bonds. The van der Waals surface area contributed by atoms with Crippen molar-refractivity contribution >= 4 is 17.6 Å². The number of carbonyl (C=O) groups is 1. The summed E-state index contributed by atoms with van der Waals surface area (Å²) in [4.78, 5) is 14.3. The molecule has 0 aliphatic carbocycles. The number of rotatable bonds is 4. The van der Waals surface area contributed by atoms with Crippen LogP contribution in [-0.2, 0) is 17.1 Å². The largest absolute Gasteiger partial charge is 0.481 e. The van der Waals surface area contributed by atoms with E-state index in [1.54, 1.807) is 0 Å². The van der Waals surface area contributed by atoms with Gasteiger partial charge in [-0.1, -0.05) is 0 Å². The summed E-state index contributed by atoms with van der Waals surface area (Å²) in [5, 5.41) is 8.59. The fourth-order valence-electron chi connectivity index (χ4n) is 1.45. The lowest BCUT2D eigenvalue weighted by atomic mass is 10.0. The van der Waals surface area contributed by atoms with Crippen molar-refractivity contribution in [2.24, 2.45) is 0 Å². The van der Waals surface area contributed by atoms with E-state index >= 15 is 0 Å². The van der Waals surface area contributed by atoms with Gasteiger partial charge in [0, 0.05) is 17.6 Å². The zero-order valence-corrected chi connectivity index (χ0v) is 9.26. The molecular formula is C10H10ClF2NO2. The van der Waals surface area contributed by atoms with Gasteiger partial charge < -0.3 is 5.11 Å². The zero-order chi connectivity index (χ0) is 12.3. The van der Waals surface area contributed by atoms with Gasteiger partial charge in [0.25, 0.3) is 6.43 Å². The Kier molecular flexibility index (Phi) is 4.18. The maximum Gasteiger partial charge on any atom is 0.309 e. The average molecular weight is 250 g/mol. The Hall–Kier alpha value is -1.23. The highest BCUT2D eigenvalue weighted by Crippen LogP contribution is 2.28. The summed E-state index contributed by atoms with van der Waals surface area (Å²) in [5.41, 5.74) is 0.386. The Morgan fingerprint density at radius 3 is 2.69 bits per heavy atom. The van der Waals surface area contributed by atoms with Gasteiger partial charge in [0.2, 0.25) is 0 Å². The molecule has 88 valence electrons. The van der Waals surface area contributed by atoms with Crippen molar-refractivity contribution in [3.05, 3.63) is 28.6 Å². The molecule has 1 N–H and O–H groups in total. The van der Waals surface area contributed by atoms with Gasteiger partial charge >= 0.3 is 5.97 Å². The van der Waals surface area contributed by atoms with Crippen molar-refractivity contribution in [1.29, 1.82) is 0 Å². The van der Waals surface area contributed by atoms with Crippen LogP contribution >= 0.6 is 11.6 Å². The number of carboxylic acid groups (broad SMARTS) is 1. The van der Waals surface area contributed by atoms with E-state index in [0.29, 0.717) is 0 Å². The molecule has 16 heavy (non-hydrogen) atoms. The molecule has 1 aromatic rings. The lowest BCUT2D eigenvalue weighted by Crippen LogP contribution is -2.08. The molecule has 0 atom stereocenters. The summed E-state index contributed by atoms with van der Waals surface area (Å²) >= 11 is 5.52. The molecule has 0 bridgehead atoms. The van der Waals surface area contributed by atoms with E-state index in [1.165, 1.54) is 13.1 Å². The second-order valence-corrected chi connectivity index (χ2v) is 3.54. The van der Waals surface area contributed by atoms with Gasteiger partial charge in [0.1, 0.15) is 0 Å². The summed E-state index contributed by atoms with van der Waals surface area (Å²) < 4.78 is 25.5. The average Bonchev–Trinajstić information content (AvgIpc) is 2.19. The predicted octanol–water partition coefficient (Wildman–Crippen LogP) is 2.69. The fraction of sp³-hybridized carbons (Fsp3) is 0.400. The standard InChI is InChI=1S/C10H10ClF2NO2/c1-5-7(2-8(15)16)14-4-6(3-11)9(5)10(12)13/h4,10H,2-3H2,1H3,(H,15,16). The Morgan fingerprint density at radius 2 is 2.25 bits per heavy atom. The topological polar surface area (TPSA) is 50.2 Å². The molecule has 1 aromatic heterocycles. The predicted molar refractivity (Wildman–Crippen MR) is 54.8 cm³/mol. The zero-order valence-electron chi connectivity index (χ0n) is 8.51. The van der Waals surface area contributed by atoms with Gasteiger partial charge in [-0.2, -0.15) is 0 Å². The van der Waals surface area contributed by atoms with Crippen LogP contribution in [0.2, 0.25) is 0 Å². The number of hydrogen-bond donors (Lipinski definition) is 1. The first kappa shape index (κ1) is 12.8. The van der Waals surface area contributed by atoms with Gasteiger partial charge in [0.15, 0.2) is 0 Å². The van der Waals surface area contributed by atoms with E-state index in [2.05, 4.69) is 4.98 Å². The quantitative estimate of drug-likeness (QED) is 0.835. The minimum Gasteiger partial charge on any atom is -0.481 e. The number of nitrogens with zero attached hydrogens (tertiary/aromatic N) is 1. The van der Waals surface area contributed by atoms with E-state index < -0.39 is 12.4 Å². The molecule has 0 saturated heterocycles. The molecule has 0 spiro atoms. The van der Waals surface area contributed by atoms with Gasteiger partial charge in [-0.15, -0.1) is 11.6 Å². The Bertz CT molecular complexity index is 410. The van der Waals surface area contributed by atoms with Crippen LogP contribution in [0, 0.1) is 6.92 Å². The van der Waals surface area contributed by atoms with E-state index in [4.69, 9.17) is 16.7 Å². The molecule has 1 heterocycles. The third-order valence-corrected chi connectivity index (χ3v) is 2.53. The van der Waals surface area contributed by atoms with Crippen LogP contribution < -0.4 is 0 Å². The molecule has 3 nitrogen and oxygen atoms in total. The number of hydrogen-bond acceptors (Lipinski definition) is 2. The van der Waals surface area contributed by atoms with Crippen LogP contribution in [0.15, 0.2) is 6.20 Å². The van der Waals surface area contributed by atoms with E-state index in [0.717, 1.165) is 0 Å². The van der Waals surface area contributed by atoms with Gasteiger partial charge in [-0.3, -0.25) is 9.78 Å². The van der Waals surface area contributed by atoms with Crippen molar-refractivity contribution in [2.75, 3.05) is 0 Å². The lowest BCUT2D eigenvalue weighted by Gasteiger charge is -2.12. The first-order chi connectivity index (χ1) is 7.47. The summed E-state index contributed by atoms with van der Waals surface area (Å²) in [6.07, 6.45) is -1.84. The number of carboxylic acids is 1. The highest BCUT2D eigenvalue weighted by Gasteiger charge is 2.19. The minimum atomic E-state index is -2.68. The number of alkyl halides is 3. The van der Waals surface area contributed by atoms with Crippen molar-refractivity contribution < 1.29 is 18.7 Å². The normalized spacial score (nSPS) is 10.8. The molecule has 0 aliphatic rings. The molecule has 0 fully saturated rings. The fourth-order valence-corrected chi connectivity index (χ4v) is 1.66. The third-order valence-electron chi connectivity index (χ3n) is 2.24. The van der Waals surface area contributed by atoms with Gasteiger partial charge in [-0.25, -0.2) is 8.78 Å². The van der Waals surface area contributed by atoms with E-state index in [-0.39, 0.29) is 34.7 Å². The highest BCUT2D eigenvalue weighted by molar-refractivity contribution is 6.17. The first-order valence-electron chi connectivity index (χ1n) is 4.50. The Labute approximate surface area is 96.1 Å². The van der Waals surface area contributed by atoms with Crippen LogP contribution in [0.3, 0.4) is 0 Å². The van der Waals surface area contributed by atoms with Crippen LogP contribution in [0.1, 0.15) is 28.8 Å². The summed E-state index contributed by atoms with van der Waals surface area (Å²) in [5.74, 6) is -1.17. The maximum atomic E-state index is 12.8. The van der Waals surface area contributed by atoms with E-state index in [1.807, 2.05) is 0 Å². The Balaban J connectivity index is 3.26. The molecule has 0 unspecified atom stereocenters. The second kappa shape index (κ2) is 5.21. The SMILES string of the molecule is Cc1c(CC(=O)O)ncc(CCl)c1C(F)F. The third kappa shape index (κ3) is 2.66. The van der Waals surface area contributed by atoms with Crippen LogP contribution in [-0.4, -0.2) is 16.1 Å². The van der Waals surface area contributed by atoms with Gasteiger partial charge in [-0.05, 0) is 18.1 Å². The van der Waals surface area contributed by atoms with Crippen LogP contribution in [0.4, 0.5) is 8.78 Å². The molecule has 1 rings (SSSR count). The molecular weight excluding hydrogens is 240 g/mol. The smallest absolute Gasteiger partial charge is 0.309 e. The van der Waals surface area contributed by atoms with Crippen LogP contribution in [0.25, 0.3) is 0 Å². The van der Waals surface area contributed by atoms with Crippen molar-refractivity contribution in [2.45, 2.75) is 25.7 Å². The summed E-state index contributed by atoms with van der Waals surface area (Å²) in [6, 6.07) is 0.